The lowest BCUT2D eigenvalue weighted by Gasteiger charge is -2.22. The summed E-state index contributed by atoms with van der Waals surface area (Å²) in [7, 11) is 3.82. The van der Waals surface area contributed by atoms with Gasteiger partial charge in [0.2, 0.25) is 5.91 Å². The summed E-state index contributed by atoms with van der Waals surface area (Å²) in [6, 6.07) is 0. The number of nitrogens with zero attached hydrogens (tertiary/aromatic N) is 2. The number of amides is 1. The van der Waals surface area contributed by atoms with E-state index in [1.807, 2.05) is 19.0 Å². The van der Waals surface area contributed by atoms with Crippen LogP contribution in [0, 0.1) is 0 Å². The Labute approximate surface area is 84.3 Å². The summed E-state index contributed by atoms with van der Waals surface area (Å²) in [5.41, 5.74) is 0. The highest BCUT2D eigenvalue weighted by atomic mass is 16.4. The first kappa shape index (κ1) is 12.9. The molecule has 0 aromatic carbocycles. The van der Waals surface area contributed by atoms with Crippen LogP contribution in [0.2, 0.25) is 0 Å². The Morgan fingerprint density at radius 2 is 1.71 bits per heavy atom. The quantitative estimate of drug-likeness (QED) is 0.652. The Balaban J connectivity index is 3.90. The first-order valence-corrected chi connectivity index (χ1v) is 4.55. The lowest BCUT2D eigenvalue weighted by Crippen LogP contribution is -2.36. The van der Waals surface area contributed by atoms with E-state index in [1.165, 1.54) is 6.92 Å². The molecule has 0 bridgehead atoms. The zero-order valence-electron chi connectivity index (χ0n) is 8.99. The number of carbonyl (C=O) groups excluding carboxylic acids is 1. The Morgan fingerprint density at radius 3 is 2.07 bits per heavy atom. The minimum atomic E-state index is -0.874. The highest BCUT2D eigenvalue weighted by Crippen LogP contribution is 1.93. The highest BCUT2D eigenvalue weighted by Gasteiger charge is 2.10. The fourth-order valence-corrected chi connectivity index (χ4v) is 0.978. The van der Waals surface area contributed by atoms with Gasteiger partial charge in [0.15, 0.2) is 0 Å². The minimum absolute atomic E-state index is 0.00695. The summed E-state index contributed by atoms with van der Waals surface area (Å²) in [6.45, 7) is 3.07. The molecule has 82 valence electrons. The summed E-state index contributed by atoms with van der Waals surface area (Å²) >= 11 is 0. The van der Waals surface area contributed by atoms with Crippen molar-refractivity contribution in [3.8, 4) is 0 Å². The lowest BCUT2D eigenvalue weighted by molar-refractivity contribution is -0.138. The van der Waals surface area contributed by atoms with Crippen molar-refractivity contribution in [2.75, 3.05) is 33.7 Å². The third-order valence-corrected chi connectivity index (χ3v) is 1.86. The van der Waals surface area contributed by atoms with Crippen molar-refractivity contribution in [2.45, 2.75) is 13.3 Å². The molecule has 0 aliphatic heterocycles. The monoisotopic (exact) mass is 202 g/mol. The number of hydrogen-bond donors (Lipinski definition) is 1. The van der Waals surface area contributed by atoms with Crippen LogP contribution in [-0.4, -0.2) is 60.5 Å². The molecule has 0 aliphatic carbocycles. The van der Waals surface area contributed by atoms with Crippen LogP contribution in [0.25, 0.3) is 0 Å². The average Bonchev–Trinajstić information content (AvgIpc) is 2.02. The largest absolute Gasteiger partial charge is 0.481 e. The first-order valence-electron chi connectivity index (χ1n) is 4.55. The third-order valence-electron chi connectivity index (χ3n) is 1.86. The van der Waals surface area contributed by atoms with E-state index in [2.05, 4.69) is 0 Å². The molecule has 0 rings (SSSR count). The molecule has 0 heterocycles. The van der Waals surface area contributed by atoms with E-state index >= 15 is 0 Å². The molecule has 0 spiro atoms. The number of hydrogen-bond acceptors (Lipinski definition) is 3. The van der Waals surface area contributed by atoms with Gasteiger partial charge in [-0.3, -0.25) is 9.59 Å². The molecular formula is C9H18N2O3. The van der Waals surface area contributed by atoms with E-state index in [0.29, 0.717) is 13.1 Å². The molecule has 5 heteroatoms. The van der Waals surface area contributed by atoms with Gasteiger partial charge in [-0.25, -0.2) is 0 Å². The summed E-state index contributed by atoms with van der Waals surface area (Å²) in [4.78, 5) is 24.9. The van der Waals surface area contributed by atoms with Crippen LogP contribution in [0.3, 0.4) is 0 Å². The highest BCUT2D eigenvalue weighted by molar-refractivity contribution is 5.74. The second-order valence-corrected chi connectivity index (χ2v) is 3.45. The lowest BCUT2D eigenvalue weighted by atomic mass is 10.3. The zero-order valence-corrected chi connectivity index (χ0v) is 8.99. The van der Waals surface area contributed by atoms with Crippen LogP contribution >= 0.6 is 0 Å². The Morgan fingerprint density at radius 1 is 1.14 bits per heavy atom. The van der Waals surface area contributed by atoms with Crippen LogP contribution in [0.15, 0.2) is 0 Å². The van der Waals surface area contributed by atoms with Crippen molar-refractivity contribution in [3.05, 3.63) is 0 Å². The predicted octanol–water partition coefficient (Wildman–Crippen LogP) is -0.129. The minimum Gasteiger partial charge on any atom is -0.481 e. The van der Waals surface area contributed by atoms with Crippen LogP contribution in [-0.2, 0) is 9.59 Å². The molecule has 0 saturated heterocycles. The van der Waals surface area contributed by atoms with Crippen molar-refractivity contribution in [1.29, 1.82) is 0 Å². The smallest absolute Gasteiger partial charge is 0.305 e. The molecule has 0 atom stereocenters. The van der Waals surface area contributed by atoms with Crippen molar-refractivity contribution >= 4 is 11.9 Å². The Hall–Kier alpha value is -1.10. The SMILES string of the molecule is CC(=O)N(CCC(=O)O)CCN(C)C. The number of likely N-dealkylation sites (N-methyl/N-ethyl adjacent to an activating group) is 1. The van der Waals surface area contributed by atoms with E-state index in [0.717, 1.165) is 6.54 Å². The average molecular weight is 202 g/mol. The topological polar surface area (TPSA) is 60.9 Å². The normalized spacial score (nSPS) is 10.3. The van der Waals surface area contributed by atoms with Crippen LogP contribution in [0.4, 0.5) is 0 Å². The van der Waals surface area contributed by atoms with Crippen molar-refractivity contribution in [1.82, 2.24) is 9.80 Å². The summed E-state index contributed by atoms with van der Waals surface area (Å²) in [6.07, 6.45) is 0.00695. The molecule has 1 N–H and O–H groups in total. The molecule has 0 aliphatic rings. The van der Waals surface area contributed by atoms with Gasteiger partial charge in [0.05, 0.1) is 6.42 Å². The molecule has 5 nitrogen and oxygen atoms in total. The van der Waals surface area contributed by atoms with Crippen molar-refractivity contribution in [3.63, 3.8) is 0 Å². The molecule has 0 radical (unpaired) electrons. The van der Waals surface area contributed by atoms with Gasteiger partial charge in [-0.15, -0.1) is 0 Å². The number of aliphatic carboxylic acids is 1. The van der Waals surface area contributed by atoms with E-state index < -0.39 is 5.97 Å². The maximum Gasteiger partial charge on any atom is 0.305 e. The first-order chi connectivity index (χ1) is 6.43. The summed E-state index contributed by atoms with van der Waals surface area (Å²) in [5.74, 6) is -0.950. The second-order valence-electron chi connectivity index (χ2n) is 3.45. The summed E-state index contributed by atoms with van der Waals surface area (Å²) in [5, 5.41) is 8.47. The number of carbonyl (C=O) groups is 2. The van der Waals surface area contributed by atoms with Gasteiger partial charge in [0, 0.05) is 26.6 Å². The molecule has 0 saturated carbocycles. The molecule has 14 heavy (non-hydrogen) atoms. The second kappa shape index (κ2) is 6.37. The Kier molecular flexibility index (Phi) is 5.87. The van der Waals surface area contributed by atoms with Crippen LogP contribution < -0.4 is 0 Å². The maximum atomic E-state index is 11.1. The van der Waals surface area contributed by atoms with Gasteiger partial charge in [-0.2, -0.15) is 0 Å². The fourth-order valence-electron chi connectivity index (χ4n) is 0.978. The fraction of sp³-hybridized carbons (Fsp3) is 0.778. The van der Waals surface area contributed by atoms with E-state index in [1.54, 1.807) is 4.90 Å². The predicted molar refractivity (Wildman–Crippen MR) is 53.1 cm³/mol. The van der Waals surface area contributed by atoms with Gasteiger partial charge >= 0.3 is 5.97 Å². The van der Waals surface area contributed by atoms with Gasteiger partial charge < -0.3 is 14.9 Å². The molecule has 1 amide bonds. The molecular weight excluding hydrogens is 184 g/mol. The van der Waals surface area contributed by atoms with E-state index in [9.17, 15) is 9.59 Å². The number of carboxylic acid groups (broad SMARTS) is 1. The molecule has 0 aromatic rings. The van der Waals surface area contributed by atoms with E-state index in [4.69, 9.17) is 5.11 Å². The maximum absolute atomic E-state index is 11.1. The van der Waals surface area contributed by atoms with Gasteiger partial charge in [-0.1, -0.05) is 0 Å². The van der Waals surface area contributed by atoms with Crippen LogP contribution in [0.1, 0.15) is 13.3 Å². The zero-order chi connectivity index (χ0) is 11.1. The molecule has 0 aromatic heterocycles. The van der Waals surface area contributed by atoms with Crippen molar-refractivity contribution < 1.29 is 14.7 Å². The van der Waals surface area contributed by atoms with Crippen molar-refractivity contribution in [2.24, 2.45) is 0 Å². The number of carboxylic acids is 1. The molecule has 0 unspecified atom stereocenters. The third kappa shape index (κ3) is 6.42. The standard InChI is InChI=1S/C9H18N2O3/c1-8(12)11(5-4-9(13)14)7-6-10(2)3/h4-7H2,1-3H3,(H,13,14). The molecule has 0 fully saturated rings. The van der Waals surface area contributed by atoms with E-state index in [-0.39, 0.29) is 12.3 Å². The Bertz CT molecular complexity index is 204. The van der Waals surface area contributed by atoms with Gasteiger partial charge in [-0.05, 0) is 14.1 Å². The van der Waals surface area contributed by atoms with Gasteiger partial charge in [0.1, 0.15) is 0 Å². The number of rotatable bonds is 6. The summed E-state index contributed by atoms with van der Waals surface area (Å²) < 4.78 is 0. The van der Waals surface area contributed by atoms with Gasteiger partial charge in [0.25, 0.3) is 0 Å². The van der Waals surface area contributed by atoms with Crippen LogP contribution in [0.5, 0.6) is 0 Å².